The van der Waals surface area contributed by atoms with Crippen molar-refractivity contribution in [2.45, 2.75) is 39.5 Å². The highest BCUT2D eigenvalue weighted by molar-refractivity contribution is 5.83. The van der Waals surface area contributed by atoms with E-state index >= 15 is 0 Å². The second-order valence-corrected chi connectivity index (χ2v) is 8.77. The highest BCUT2D eigenvalue weighted by Crippen LogP contribution is 2.32. The molecule has 1 aliphatic carbocycles. The number of anilines is 2. The average Bonchev–Trinajstić information content (AvgIpc) is 2.78. The Morgan fingerprint density at radius 1 is 0.767 bits per heavy atom. The predicted molar refractivity (Wildman–Crippen MR) is 124 cm³/mol. The molecule has 4 heteroatoms. The molecule has 1 aliphatic heterocycles. The van der Waals surface area contributed by atoms with Crippen LogP contribution in [0.3, 0.4) is 0 Å². The number of rotatable bonds is 3. The fourth-order valence-corrected chi connectivity index (χ4v) is 5.09. The molecule has 0 unspecified atom stereocenters. The van der Waals surface area contributed by atoms with Crippen LogP contribution in [0.25, 0.3) is 11.1 Å². The third-order valence-electron chi connectivity index (χ3n) is 7.03. The summed E-state index contributed by atoms with van der Waals surface area (Å²) in [6.45, 7) is 7.54. The lowest BCUT2D eigenvalue weighted by molar-refractivity contribution is 0.649. The summed E-state index contributed by atoms with van der Waals surface area (Å²) in [4.78, 5) is 29.5. The van der Waals surface area contributed by atoms with E-state index in [2.05, 4.69) is 54.0 Å². The Kier molecular flexibility index (Phi) is 4.73. The molecule has 0 radical (unpaired) electrons. The van der Waals surface area contributed by atoms with Crippen molar-refractivity contribution in [1.29, 1.82) is 0 Å². The summed E-state index contributed by atoms with van der Waals surface area (Å²) >= 11 is 0. The fraction of sp³-hybridized carbons (Fsp3) is 0.385. The van der Waals surface area contributed by atoms with Crippen molar-refractivity contribution in [2.75, 3.05) is 36.0 Å². The second kappa shape index (κ2) is 7.42. The van der Waals surface area contributed by atoms with Gasteiger partial charge in [-0.05, 0) is 73.4 Å². The van der Waals surface area contributed by atoms with Gasteiger partial charge in [0.1, 0.15) is 5.69 Å². The molecule has 0 saturated carbocycles. The molecule has 3 aromatic rings. The van der Waals surface area contributed by atoms with E-state index < -0.39 is 0 Å². The third-order valence-corrected chi connectivity index (χ3v) is 7.03. The van der Waals surface area contributed by atoms with Gasteiger partial charge in [0.25, 0.3) is 0 Å². The molecule has 5 rings (SSSR count). The number of hydrogen-bond donors (Lipinski definition) is 0. The van der Waals surface area contributed by atoms with Crippen LogP contribution in [0.2, 0.25) is 0 Å². The van der Waals surface area contributed by atoms with Crippen LogP contribution < -0.4 is 20.7 Å². The van der Waals surface area contributed by atoms with Crippen molar-refractivity contribution < 1.29 is 0 Å². The summed E-state index contributed by atoms with van der Waals surface area (Å²) in [5.41, 5.74) is 8.18. The lowest BCUT2D eigenvalue weighted by atomic mass is 9.87. The summed E-state index contributed by atoms with van der Waals surface area (Å²) in [7, 11) is 0. The molecular weight excluding hydrogens is 372 g/mol. The Hall–Kier alpha value is -2.88. The average molecular weight is 401 g/mol. The quantitative estimate of drug-likeness (QED) is 0.628. The maximum absolute atomic E-state index is 12.5. The molecular formula is C26H28N2O2. The van der Waals surface area contributed by atoms with E-state index in [0.29, 0.717) is 11.3 Å². The summed E-state index contributed by atoms with van der Waals surface area (Å²) in [5.74, 6) is 0. The minimum Gasteiger partial charge on any atom is -0.368 e. The van der Waals surface area contributed by atoms with Gasteiger partial charge in [-0.25, -0.2) is 0 Å². The van der Waals surface area contributed by atoms with E-state index in [1.54, 1.807) is 0 Å². The fourth-order valence-electron chi connectivity index (χ4n) is 5.09. The number of nitrogens with zero attached hydrogens (tertiary/aromatic N) is 2. The molecule has 30 heavy (non-hydrogen) atoms. The monoisotopic (exact) mass is 400 g/mol. The van der Waals surface area contributed by atoms with Crippen LogP contribution in [0, 0.1) is 13.8 Å². The van der Waals surface area contributed by atoms with Crippen molar-refractivity contribution in [3.63, 3.8) is 0 Å². The normalized spacial score (nSPS) is 16.7. The lowest BCUT2D eigenvalue weighted by Gasteiger charge is -2.39. The van der Waals surface area contributed by atoms with Crippen molar-refractivity contribution in [1.82, 2.24) is 0 Å². The van der Waals surface area contributed by atoms with E-state index in [-0.39, 0.29) is 10.9 Å². The molecule has 2 aliphatic rings. The summed E-state index contributed by atoms with van der Waals surface area (Å²) < 4.78 is 0. The van der Waals surface area contributed by atoms with Gasteiger partial charge in [0, 0.05) is 31.9 Å². The number of benzene rings is 2. The molecule has 154 valence electrons. The summed E-state index contributed by atoms with van der Waals surface area (Å²) in [6, 6.07) is 12.8. The van der Waals surface area contributed by atoms with Crippen LogP contribution in [-0.2, 0) is 12.8 Å². The number of piperazine rings is 1. The highest BCUT2D eigenvalue weighted by atomic mass is 16.2. The van der Waals surface area contributed by atoms with Gasteiger partial charge < -0.3 is 9.80 Å². The Morgan fingerprint density at radius 3 is 2.23 bits per heavy atom. The molecule has 1 fully saturated rings. The van der Waals surface area contributed by atoms with Gasteiger partial charge in [-0.2, -0.15) is 0 Å². The van der Waals surface area contributed by atoms with Gasteiger partial charge in [0.2, 0.25) is 10.9 Å². The topological polar surface area (TPSA) is 40.6 Å². The standard InChI is InChI=1S/C26H28N2O2/c1-17-6-5-9-22(18(17)2)27-12-14-28(15-13-27)24-23(25(29)26(24)30)21-11-10-19-7-3-4-8-20(19)16-21/h5-6,9-11,16H,3-4,7-8,12-15H2,1-2H3. The van der Waals surface area contributed by atoms with Gasteiger partial charge in [-0.15, -0.1) is 0 Å². The first-order chi connectivity index (χ1) is 14.5. The Bertz CT molecular complexity index is 1180. The molecule has 0 N–H and O–H groups in total. The van der Waals surface area contributed by atoms with Gasteiger partial charge in [0.15, 0.2) is 0 Å². The van der Waals surface area contributed by atoms with Crippen LogP contribution in [0.1, 0.15) is 35.1 Å². The first kappa shape index (κ1) is 19.1. The molecule has 0 spiro atoms. The zero-order valence-electron chi connectivity index (χ0n) is 17.8. The van der Waals surface area contributed by atoms with Crippen LogP contribution in [0.5, 0.6) is 0 Å². The molecule has 0 amide bonds. The van der Waals surface area contributed by atoms with Gasteiger partial charge in [0.05, 0.1) is 5.56 Å². The van der Waals surface area contributed by atoms with E-state index in [1.165, 1.54) is 40.8 Å². The summed E-state index contributed by atoms with van der Waals surface area (Å²) in [5, 5.41) is 0. The molecule has 1 heterocycles. The molecule has 3 aromatic carbocycles. The highest BCUT2D eigenvalue weighted by Gasteiger charge is 2.30. The first-order valence-corrected chi connectivity index (χ1v) is 11.1. The molecule has 0 aromatic heterocycles. The van der Waals surface area contributed by atoms with Crippen LogP contribution in [0.15, 0.2) is 46.0 Å². The lowest BCUT2D eigenvalue weighted by Crippen LogP contribution is -2.51. The second-order valence-electron chi connectivity index (χ2n) is 8.77. The van der Waals surface area contributed by atoms with E-state index in [4.69, 9.17) is 0 Å². The van der Waals surface area contributed by atoms with E-state index in [9.17, 15) is 9.59 Å². The van der Waals surface area contributed by atoms with Gasteiger partial charge in [-0.1, -0.05) is 30.3 Å². The smallest absolute Gasteiger partial charge is 0.250 e. The van der Waals surface area contributed by atoms with E-state index in [1.807, 2.05) is 6.07 Å². The molecule has 0 bridgehead atoms. The molecule has 0 atom stereocenters. The van der Waals surface area contributed by atoms with Crippen molar-refractivity contribution >= 4 is 11.4 Å². The minimum absolute atomic E-state index is 0.317. The summed E-state index contributed by atoms with van der Waals surface area (Å²) in [6.07, 6.45) is 4.63. The Labute approximate surface area is 177 Å². The zero-order chi connectivity index (χ0) is 20.8. The van der Waals surface area contributed by atoms with Gasteiger partial charge >= 0.3 is 0 Å². The Balaban J connectivity index is 1.40. The number of hydrogen-bond acceptors (Lipinski definition) is 4. The van der Waals surface area contributed by atoms with Gasteiger partial charge in [-0.3, -0.25) is 9.59 Å². The van der Waals surface area contributed by atoms with E-state index in [0.717, 1.165) is 44.6 Å². The minimum atomic E-state index is -0.322. The largest absolute Gasteiger partial charge is 0.368 e. The maximum atomic E-state index is 12.5. The molecule has 1 saturated heterocycles. The van der Waals surface area contributed by atoms with Crippen LogP contribution in [-0.4, -0.2) is 26.2 Å². The SMILES string of the molecule is Cc1cccc(N2CCN(c3c(-c4ccc5c(c4)CCCC5)c(=O)c3=O)CC2)c1C. The van der Waals surface area contributed by atoms with Crippen molar-refractivity contribution in [2.24, 2.45) is 0 Å². The van der Waals surface area contributed by atoms with Crippen molar-refractivity contribution in [3.8, 4) is 11.1 Å². The maximum Gasteiger partial charge on any atom is 0.250 e. The Morgan fingerprint density at radius 2 is 1.47 bits per heavy atom. The van der Waals surface area contributed by atoms with Crippen LogP contribution in [0.4, 0.5) is 11.4 Å². The first-order valence-electron chi connectivity index (χ1n) is 11.1. The van der Waals surface area contributed by atoms with Crippen LogP contribution >= 0.6 is 0 Å². The number of aryl methyl sites for hydroxylation is 3. The predicted octanol–water partition coefficient (Wildman–Crippen LogP) is 3.77. The molecule has 4 nitrogen and oxygen atoms in total. The zero-order valence-corrected chi connectivity index (χ0v) is 17.8. The van der Waals surface area contributed by atoms with Crippen molar-refractivity contribution in [3.05, 3.63) is 79.1 Å². The third kappa shape index (κ3) is 3.06. The number of fused-ring (bicyclic) bond motifs is 1.